The van der Waals surface area contributed by atoms with Crippen molar-refractivity contribution in [1.29, 1.82) is 0 Å². The van der Waals surface area contributed by atoms with Crippen molar-refractivity contribution in [3.05, 3.63) is 86.0 Å². The second-order valence-corrected chi connectivity index (χ2v) is 3.82. The molecule has 0 aromatic heterocycles. The molecule has 0 saturated heterocycles. The van der Waals surface area contributed by atoms with Crippen molar-refractivity contribution in [3.63, 3.8) is 0 Å². The van der Waals surface area contributed by atoms with Gasteiger partial charge in [0.1, 0.15) is 0 Å². The maximum Gasteiger partial charge on any atom is 0.327 e. The van der Waals surface area contributed by atoms with E-state index in [0.717, 1.165) is 12.2 Å². The van der Waals surface area contributed by atoms with Crippen molar-refractivity contribution in [3.8, 4) is 11.1 Å². The Bertz CT molecular complexity index is 533. The lowest BCUT2D eigenvalue weighted by molar-refractivity contribution is -0.132. The summed E-state index contributed by atoms with van der Waals surface area (Å²) in [6.45, 7) is 5.92. The van der Waals surface area contributed by atoms with Crippen molar-refractivity contribution in [2.75, 3.05) is 0 Å². The number of hydrogen-bond acceptors (Lipinski definition) is 2. The molecule has 0 atom stereocenters. The Labute approximate surface area is 129 Å². The first-order chi connectivity index (χ1) is 10.5. The summed E-state index contributed by atoms with van der Waals surface area (Å²) in [5, 5.41) is 15.2. The average molecular weight is 298 g/mol. The summed E-state index contributed by atoms with van der Waals surface area (Å²) in [4.78, 5) is 18.5. The van der Waals surface area contributed by atoms with Crippen LogP contribution in [0.5, 0.6) is 0 Å². The van der Waals surface area contributed by atoms with Crippen LogP contribution in [-0.2, 0) is 9.59 Å². The van der Waals surface area contributed by atoms with E-state index in [1.807, 2.05) is 12.1 Å². The standard InChI is InChI=1S/C12H10.2C3H4O2/c1-3-7-11(8-4-1)12-9-5-2-6-10-12;2*1-2-3(4)5/h1-10H;2*2H,1H2,(H,4,5). The van der Waals surface area contributed by atoms with Crippen molar-refractivity contribution in [2.24, 2.45) is 0 Å². The molecule has 4 heteroatoms. The highest BCUT2D eigenvalue weighted by atomic mass is 16.4. The van der Waals surface area contributed by atoms with Gasteiger partial charge < -0.3 is 10.2 Å². The molecule has 2 rings (SSSR count). The second kappa shape index (κ2) is 11.7. The van der Waals surface area contributed by atoms with Crippen molar-refractivity contribution < 1.29 is 19.8 Å². The first-order valence-corrected chi connectivity index (χ1v) is 6.32. The molecule has 0 spiro atoms. The molecule has 0 heterocycles. The van der Waals surface area contributed by atoms with Gasteiger partial charge in [0.2, 0.25) is 0 Å². The van der Waals surface area contributed by atoms with Gasteiger partial charge >= 0.3 is 11.9 Å². The highest BCUT2D eigenvalue weighted by Crippen LogP contribution is 2.17. The van der Waals surface area contributed by atoms with Gasteiger partial charge in [-0.15, -0.1) is 0 Å². The number of hydrogen-bond donors (Lipinski definition) is 2. The van der Waals surface area contributed by atoms with Gasteiger partial charge in [0.05, 0.1) is 0 Å². The lowest BCUT2D eigenvalue weighted by Gasteiger charge is -1.98. The van der Waals surface area contributed by atoms with Crippen molar-refractivity contribution >= 4 is 11.9 Å². The molecule has 0 fully saturated rings. The van der Waals surface area contributed by atoms with Crippen LogP contribution in [0.1, 0.15) is 0 Å². The maximum atomic E-state index is 9.25. The Balaban J connectivity index is 0.000000372. The summed E-state index contributed by atoms with van der Waals surface area (Å²) in [6, 6.07) is 20.8. The first kappa shape index (κ1) is 18.9. The number of aliphatic carboxylic acids is 2. The molecule has 0 unspecified atom stereocenters. The minimum atomic E-state index is -0.981. The summed E-state index contributed by atoms with van der Waals surface area (Å²) in [5.41, 5.74) is 2.55. The number of carboxylic acid groups (broad SMARTS) is 2. The molecule has 0 aliphatic heterocycles. The van der Waals surface area contributed by atoms with Gasteiger partial charge in [-0.3, -0.25) is 0 Å². The van der Waals surface area contributed by atoms with Gasteiger partial charge in [0.25, 0.3) is 0 Å². The third-order valence-corrected chi connectivity index (χ3v) is 2.23. The molecule has 0 radical (unpaired) electrons. The molecule has 0 bridgehead atoms. The fourth-order valence-electron chi connectivity index (χ4n) is 1.26. The first-order valence-electron chi connectivity index (χ1n) is 6.32. The van der Waals surface area contributed by atoms with Crippen LogP contribution in [0.4, 0.5) is 0 Å². The Hall–Kier alpha value is -3.14. The number of carbonyl (C=O) groups is 2. The van der Waals surface area contributed by atoms with E-state index in [-0.39, 0.29) is 0 Å². The van der Waals surface area contributed by atoms with E-state index in [1.54, 1.807) is 0 Å². The SMILES string of the molecule is C=CC(=O)O.C=CC(=O)O.c1ccc(-c2ccccc2)cc1. The third kappa shape index (κ3) is 9.75. The second-order valence-electron chi connectivity index (χ2n) is 3.82. The molecule has 0 aliphatic rings. The lowest BCUT2D eigenvalue weighted by Crippen LogP contribution is -1.82. The fourth-order valence-corrected chi connectivity index (χ4v) is 1.26. The molecule has 0 saturated carbocycles. The van der Waals surface area contributed by atoms with Gasteiger partial charge in [-0.2, -0.15) is 0 Å². The lowest BCUT2D eigenvalue weighted by atomic mass is 10.1. The molecule has 2 aromatic carbocycles. The van der Waals surface area contributed by atoms with Crippen molar-refractivity contribution in [2.45, 2.75) is 0 Å². The van der Waals surface area contributed by atoms with Gasteiger partial charge in [-0.25, -0.2) is 9.59 Å². The van der Waals surface area contributed by atoms with Crippen LogP contribution in [0.2, 0.25) is 0 Å². The normalized spacial score (nSPS) is 8.18. The zero-order chi connectivity index (χ0) is 16.8. The van der Waals surface area contributed by atoms with Crippen LogP contribution in [0, 0.1) is 0 Å². The van der Waals surface area contributed by atoms with Crippen LogP contribution in [0.3, 0.4) is 0 Å². The van der Waals surface area contributed by atoms with Gasteiger partial charge in [-0.05, 0) is 11.1 Å². The van der Waals surface area contributed by atoms with E-state index in [4.69, 9.17) is 10.2 Å². The summed E-state index contributed by atoms with van der Waals surface area (Å²) < 4.78 is 0. The molecule has 22 heavy (non-hydrogen) atoms. The Morgan fingerprint density at radius 2 is 0.909 bits per heavy atom. The van der Waals surface area contributed by atoms with E-state index < -0.39 is 11.9 Å². The zero-order valence-corrected chi connectivity index (χ0v) is 12.1. The van der Waals surface area contributed by atoms with E-state index in [2.05, 4.69) is 61.7 Å². The molecule has 114 valence electrons. The van der Waals surface area contributed by atoms with E-state index in [9.17, 15) is 9.59 Å². The molecular formula is C18H18O4. The largest absolute Gasteiger partial charge is 0.478 e. The fraction of sp³-hybridized carbons (Fsp3) is 0. The molecule has 4 nitrogen and oxygen atoms in total. The molecular weight excluding hydrogens is 280 g/mol. The smallest absolute Gasteiger partial charge is 0.327 e. The average Bonchev–Trinajstić information content (AvgIpc) is 2.57. The van der Waals surface area contributed by atoms with E-state index >= 15 is 0 Å². The quantitative estimate of drug-likeness (QED) is 0.844. The van der Waals surface area contributed by atoms with Gasteiger partial charge in [0, 0.05) is 12.2 Å². The number of benzene rings is 2. The highest BCUT2D eigenvalue weighted by molar-refractivity contribution is 5.79. The molecule has 0 aliphatic carbocycles. The monoisotopic (exact) mass is 298 g/mol. The number of carboxylic acids is 2. The van der Waals surface area contributed by atoms with Crippen LogP contribution < -0.4 is 0 Å². The van der Waals surface area contributed by atoms with E-state index in [0.29, 0.717) is 0 Å². The molecule has 2 aromatic rings. The zero-order valence-electron chi connectivity index (χ0n) is 12.1. The summed E-state index contributed by atoms with van der Waals surface area (Å²) in [6.07, 6.45) is 1.67. The van der Waals surface area contributed by atoms with E-state index in [1.165, 1.54) is 11.1 Å². The van der Waals surface area contributed by atoms with Crippen LogP contribution in [-0.4, -0.2) is 22.2 Å². The van der Waals surface area contributed by atoms with Gasteiger partial charge in [0.15, 0.2) is 0 Å². The van der Waals surface area contributed by atoms with Crippen LogP contribution in [0.25, 0.3) is 11.1 Å². The summed E-state index contributed by atoms with van der Waals surface area (Å²) >= 11 is 0. The molecule has 0 amide bonds. The van der Waals surface area contributed by atoms with Gasteiger partial charge in [-0.1, -0.05) is 73.8 Å². The topological polar surface area (TPSA) is 74.6 Å². The summed E-state index contributed by atoms with van der Waals surface area (Å²) in [7, 11) is 0. The third-order valence-electron chi connectivity index (χ3n) is 2.23. The minimum absolute atomic E-state index is 0.833. The predicted molar refractivity (Wildman–Crippen MR) is 87.5 cm³/mol. The Morgan fingerprint density at radius 1 is 0.682 bits per heavy atom. The Kier molecular flexibility index (Phi) is 10.0. The highest BCUT2D eigenvalue weighted by Gasteiger charge is 1.91. The van der Waals surface area contributed by atoms with Crippen molar-refractivity contribution in [1.82, 2.24) is 0 Å². The van der Waals surface area contributed by atoms with Crippen LogP contribution in [0.15, 0.2) is 86.0 Å². The number of rotatable bonds is 3. The molecule has 2 N–H and O–H groups in total. The Morgan fingerprint density at radius 3 is 1.09 bits per heavy atom. The van der Waals surface area contributed by atoms with Crippen LogP contribution >= 0.6 is 0 Å². The maximum absolute atomic E-state index is 9.25. The minimum Gasteiger partial charge on any atom is -0.478 e. The summed E-state index contributed by atoms with van der Waals surface area (Å²) in [5.74, 6) is -1.96. The predicted octanol–water partition coefficient (Wildman–Crippen LogP) is 3.87.